The Morgan fingerprint density at radius 1 is 1.41 bits per heavy atom. The predicted molar refractivity (Wildman–Crippen MR) is 69.8 cm³/mol. The van der Waals surface area contributed by atoms with Gasteiger partial charge in [0.05, 0.1) is 6.04 Å². The Morgan fingerprint density at radius 2 is 2.06 bits per heavy atom. The van der Waals surface area contributed by atoms with E-state index in [1.807, 2.05) is 39.8 Å². The highest BCUT2D eigenvalue weighted by molar-refractivity contribution is 5.93. The number of hydrogen-bond donors (Lipinski definition) is 2. The van der Waals surface area contributed by atoms with Crippen molar-refractivity contribution in [3.05, 3.63) is 23.4 Å². The minimum atomic E-state index is -0.474. The van der Waals surface area contributed by atoms with Crippen molar-refractivity contribution in [3.8, 4) is 0 Å². The first kappa shape index (κ1) is 13.6. The van der Waals surface area contributed by atoms with Gasteiger partial charge in [-0.05, 0) is 43.9 Å². The molecule has 4 heteroatoms. The molecule has 94 valence electrons. The minimum Gasteiger partial charge on any atom is -0.320 e. The van der Waals surface area contributed by atoms with E-state index in [1.165, 1.54) is 0 Å². The maximum absolute atomic E-state index is 11.8. The lowest BCUT2D eigenvalue weighted by Gasteiger charge is -2.14. The van der Waals surface area contributed by atoms with E-state index in [0.717, 1.165) is 11.3 Å². The number of anilines is 1. The summed E-state index contributed by atoms with van der Waals surface area (Å²) in [5.74, 6) is 0.811. The van der Waals surface area contributed by atoms with Crippen LogP contribution in [0.1, 0.15) is 31.5 Å². The second kappa shape index (κ2) is 5.77. The summed E-state index contributed by atoms with van der Waals surface area (Å²) in [5.41, 5.74) is 7.76. The fourth-order valence-corrected chi connectivity index (χ4v) is 1.74. The second-order valence-electron chi connectivity index (χ2n) is 4.90. The third-order valence-electron chi connectivity index (χ3n) is 2.41. The molecule has 0 aliphatic rings. The van der Waals surface area contributed by atoms with E-state index in [1.54, 1.807) is 0 Å². The molecule has 1 aromatic heterocycles. The fourth-order valence-electron chi connectivity index (χ4n) is 1.74. The molecule has 0 aliphatic carbocycles. The SMILES string of the molecule is Cc1cc(C)nc(NC(=O)[C@H](N)CC(C)C)c1. The zero-order valence-electron chi connectivity index (χ0n) is 10.9. The molecule has 0 aliphatic heterocycles. The third-order valence-corrected chi connectivity index (χ3v) is 2.41. The summed E-state index contributed by atoms with van der Waals surface area (Å²) in [4.78, 5) is 16.0. The minimum absolute atomic E-state index is 0.170. The first-order valence-corrected chi connectivity index (χ1v) is 5.90. The lowest BCUT2D eigenvalue weighted by Crippen LogP contribution is -2.36. The number of pyridine rings is 1. The van der Waals surface area contributed by atoms with Crippen LogP contribution >= 0.6 is 0 Å². The number of amides is 1. The number of carbonyl (C=O) groups is 1. The van der Waals surface area contributed by atoms with Gasteiger partial charge in [-0.3, -0.25) is 4.79 Å². The van der Waals surface area contributed by atoms with Crippen LogP contribution in [0.15, 0.2) is 12.1 Å². The van der Waals surface area contributed by atoms with Crippen molar-refractivity contribution < 1.29 is 4.79 Å². The van der Waals surface area contributed by atoms with Gasteiger partial charge in [-0.1, -0.05) is 13.8 Å². The topological polar surface area (TPSA) is 68.0 Å². The van der Waals surface area contributed by atoms with E-state index in [4.69, 9.17) is 5.73 Å². The largest absolute Gasteiger partial charge is 0.320 e. The average molecular weight is 235 g/mol. The molecule has 3 N–H and O–H groups in total. The van der Waals surface area contributed by atoms with Crippen LogP contribution in [0.25, 0.3) is 0 Å². The van der Waals surface area contributed by atoms with Crippen LogP contribution in [0.5, 0.6) is 0 Å². The summed E-state index contributed by atoms with van der Waals surface area (Å²) in [5, 5.41) is 2.75. The van der Waals surface area contributed by atoms with Crippen LogP contribution < -0.4 is 11.1 Å². The Kier molecular flexibility index (Phi) is 4.63. The van der Waals surface area contributed by atoms with E-state index in [-0.39, 0.29) is 5.91 Å². The number of nitrogens with zero attached hydrogens (tertiary/aromatic N) is 1. The Balaban J connectivity index is 2.67. The van der Waals surface area contributed by atoms with Crippen LogP contribution in [-0.2, 0) is 4.79 Å². The van der Waals surface area contributed by atoms with Gasteiger partial charge < -0.3 is 11.1 Å². The van der Waals surface area contributed by atoms with E-state index in [2.05, 4.69) is 10.3 Å². The van der Waals surface area contributed by atoms with Crippen molar-refractivity contribution in [2.24, 2.45) is 11.7 Å². The molecule has 1 heterocycles. The number of aryl methyl sites for hydroxylation is 2. The molecular formula is C13H21N3O. The van der Waals surface area contributed by atoms with Crippen LogP contribution in [0, 0.1) is 19.8 Å². The van der Waals surface area contributed by atoms with Gasteiger partial charge in [0.2, 0.25) is 5.91 Å². The molecule has 1 aromatic rings. The van der Waals surface area contributed by atoms with Crippen LogP contribution in [0.3, 0.4) is 0 Å². The average Bonchev–Trinajstić information content (AvgIpc) is 2.14. The number of aromatic nitrogens is 1. The van der Waals surface area contributed by atoms with Gasteiger partial charge in [-0.15, -0.1) is 0 Å². The molecule has 0 spiro atoms. The van der Waals surface area contributed by atoms with Gasteiger partial charge in [0, 0.05) is 5.69 Å². The van der Waals surface area contributed by atoms with Gasteiger partial charge >= 0.3 is 0 Å². The highest BCUT2D eigenvalue weighted by Crippen LogP contribution is 2.10. The quantitative estimate of drug-likeness (QED) is 0.838. The lowest BCUT2D eigenvalue weighted by molar-refractivity contribution is -0.117. The summed E-state index contributed by atoms with van der Waals surface area (Å²) in [7, 11) is 0. The second-order valence-corrected chi connectivity index (χ2v) is 4.90. The Hall–Kier alpha value is -1.42. The molecule has 4 nitrogen and oxygen atoms in total. The van der Waals surface area contributed by atoms with Crippen molar-refractivity contribution in [3.63, 3.8) is 0 Å². The highest BCUT2D eigenvalue weighted by atomic mass is 16.2. The lowest BCUT2D eigenvalue weighted by atomic mass is 10.0. The van der Waals surface area contributed by atoms with Crippen molar-refractivity contribution in [2.45, 2.75) is 40.2 Å². The number of hydrogen-bond acceptors (Lipinski definition) is 3. The Labute approximate surface area is 103 Å². The molecule has 0 bridgehead atoms. The summed E-state index contributed by atoms with van der Waals surface area (Å²) < 4.78 is 0. The third kappa shape index (κ3) is 4.53. The first-order valence-electron chi connectivity index (χ1n) is 5.90. The van der Waals surface area contributed by atoms with E-state index in [9.17, 15) is 4.79 Å². The van der Waals surface area contributed by atoms with E-state index >= 15 is 0 Å². The number of rotatable bonds is 4. The molecule has 0 fully saturated rings. The zero-order chi connectivity index (χ0) is 13.0. The molecule has 1 rings (SSSR count). The van der Waals surface area contributed by atoms with E-state index in [0.29, 0.717) is 18.2 Å². The standard InChI is InChI=1S/C13H21N3O/c1-8(2)5-11(14)13(17)16-12-7-9(3)6-10(4)15-12/h6-8,11H,5,14H2,1-4H3,(H,15,16,17)/t11-/m1/s1. The van der Waals surface area contributed by atoms with Gasteiger partial charge in [0.1, 0.15) is 5.82 Å². The van der Waals surface area contributed by atoms with Gasteiger partial charge in [-0.2, -0.15) is 0 Å². The van der Waals surface area contributed by atoms with Gasteiger partial charge in [0.15, 0.2) is 0 Å². The zero-order valence-corrected chi connectivity index (χ0v) is 10.9. The van der Waals surface area contributed by atoms with Gasteiger partial charge in [0.25, 0.3) is 0 Å². The molecule has 0 saturated heterocycles. The molecule has 0 unspecified atom stereocenters. The molecule has 0 radical (unpaired) electrons. The smallest absolute Gasteiger partial charge is 0.242 e. The van der Waals surface area contributed by atoms with Crippen molar-refractivity contribution in [2.75, 3.05) is 5.32 Å². The number of nitrogens with one attached hydrogen (secondary N) is 1. The summed E-state index contributed by atoms with van der Waals surface area (Å²) in [6.45, 7) is 7.96. The van der Waals surface area contributed by atoms with Crippen molar-refractivity contribution >= 4 is 11.7 Å². The fraction of sp³-hybridized carbons (Fsp3) is 0.538. The van der Waals surface area contributed by atoms with Crippen LogP contribution in [-0.4, -0.2) is 16.9 Å². The first-order chi connectivity index (χ1) is 7.88. The molecular weight excluding hydrogens is 214 g/mol. The summed E-state index contributed by atoms with van der Waals surface area (Å²) in [6, 6.07) is 3.33. The van der Waals surface area contributed by atoms with Crippen molar-refractivity contribution in [1.82, 2.24) is 4.98 Å². The monoisotopic (exact) mass is 235 g/mol. The van der Waals surface area contributed by atoms with Crippen LogP contribution in [0.4, 0.5) is 5.82 Å². The van der Waals surface area contributed by atoms with E-state index < -0.39 is 6.04 Å². The summed E-state index contributed by atoms with van der Waals surface area (Å²) in [6.07, 6.45) is 0.677. The molecule has 0 saturated carbocycles. The maximum atomic E-state index is 11.8. The molecule has 17 heavy (non-hydrogen) atoms. The highest BCUT2D eigenvalue weighted by Gasteiger charge is 2.15. The molecule has 1 atom stereocenters. The Morgan fingerprint density at radius 3 is 2.59 bits per heavy atom. The predicted octanol–water partition coefficient (Wildman–Crippen LogP) is 2.01. The number of carbonyl (C=O) groups excluding carboxylic acids is 1. The molecule has 1 amide bonds. The normalized spacial score (nSPS) is 12.6. The van der Waals surface area contributed by atoms with Crippen LogP contribution in [0.2, 0.25) is 0 Å². The number of nitrogens with two attached hydrogens (primary N) is 1. The van der Waals surface area contributed by atoms with Crippen molar-refractivity contribution in [1.29, 1.82) is 0 Å². The van der Waals surface area contributed by atoms with Gasteiger partial charge in [-0.25, -0.2) is 4.98 Å². The summed E-state index contributed by atoms with van der Waals surface area (Å²) >= 11 is 0. The maximum Gasteiger partial charge on any atom is 0.242 e. The Bertz CT molecular complexity index is 381. The molecule has 0 aromatic carbocycles.